The largest absolute Gasteiger partial charge is 0.332 e. The summed E-state index contributed by atoms with van der Waals surface area (Å²) in [6.07, 6.45) is 0.918. The van der Waals surface area contributed by atoms with Crippen LogP contribution in [0.3, 0.4) is 0 Å². The van der Waals surface area contributed by atoms with Crippen molar-refractivity contribution in [2.45, 2.75) is 13.3 Å². The number of aryl methyl sites for hydroxylation is 1. The fourth-order valence-corrected chi connectivity index (χ4v) is 2.01. The number of thiocarbonyl (C=S) groups is 1. The van der Waals surface area contributed by atoms with Crippen molar-refractivity contribution in [3.8, 4) is 0 Å². The molecule has 0 saturated heterocycles. The predicted molar refractivity (Wildman–Crippen MR) is 85.9 cm³/mol. The van der Waals surface area contributed by atoms with E-state index in [9.17, 15) is 9.18 Å². The first kappa shape index (κ1) is 15.1. The quantitative estimate of drug-likeness (QED) is 0.852. The standard InChI is InChI=1S/C16H15FN2OS/c1-2-11-6-8-12(9-7-11)15(20)19-16(21)18-14-5-3-4-13(17)10-14/h3-10H,2H2,1H3,(H2,18,19,20,21). The zero-order valence-corrected chi connectivity index (χ0v) is 12.3. The van der Waals surface area contributed by atoms with E-state index in [2.05, 4.69) is 10.6 Å². The van der Waals surface area contributed by atoms with Crippen molar-refractivity contribution in [3.63, 3.8) is 0 Å². The molecule has 0 fully saturated rings. The molecule has 0 aliphatic heterocycles. The molecule has 21 heavy (non-hydrogen) atoms. The molecule has 108 valence electrons. The first-order valence-corrected chi connectivity index (χ1v) is 6.96. The zero-order valence-electron chi connectivity index (χ0n) is 11.5. The van der Waals surface area contributed by atoms with Gasteiger partial charge in [0.15, 0.2) is 5.11 Å². The molecule has 0 atom stereocenters. The highest BCUT2D eigenvalue weighted by atomic mass is 32.1. The van der Waals surface area contributed by atoms with E-state index in [0.717, 1.165) is 12.0 Å². The maximum atomic E-state index is 13.0. The van der Waals surface area contributed by atoms with Gasteiger partial charge < -0.3 is 5.32 Å². The van der Waals surface area contributed by atoms with Crippen molar-refractivity contribution in [3.05, 3.63) is 65.5 Å². The van der Waals surface area contributed by atoms with Crippen molar-refractivity contribution >= 4 is 28.9 Å². The molecule has 0 aliphatic rings. The molecule has 3 nitrogen and oxygen atoms in total. The lowest BCUT2D eigenvalue weighted by molar-refractivity contribution is 0.0977. The van der Waals surface area contributed by atoms with E-state index in [1.165, 1.54) is 12.1 Å². The lowest BCUT2D eigenvalue weighted by atomic mass is 10.1. The van der Waals surface area contributed by atoms with Crippen LogP contribution in [0.15, 0.2) is 48.5 Å². The summed E-state index contributed by atoms with van der Waals surface area (Å²) < 4.78 is 13.0. The number of carbonyl (C=O) groups is 1. The smallest absolute Gasteiger partial charge is 0.257 e. The monoisotopic (exact) mass is 302 g/mol. The maximum absolute atomic E-state index is 13.0. The molecular formula is C16H15FN2OS. The fraction of sp³-hybridized carbons (Fsp3) is 0.125. The molecule has 1 amide bonds. The van der Waals surface area contributed by atoms with Gasteiger partial charge in [-0.15, -0.1) is 0 Å². The first-order chi connectivity index (χ1) is 10.1. The van der Waals surface area contributed by atoms with Crippen LogP contribution in [0, 0.1) is 5.82 Å². The number of amides is 1. The highest BCUT2D eigenvalue weighted by molar-refractivity contribution is 7.80. The van der Waals surface area contributed by atoms with Gasteiger partial charge in [-0.3, -0.25) is 10.1 Å². The summed E-state index contributed by atoms with van der Waals surface area (Å²) >= 11 is 5.04. The molecule has 0 saturated carbocycles. The summed E-state index contributed by atoms with van der Waals surface area (Å²) in [6.45, 7) is 2.05. The van der Waals surface area contributed by atoms with Crippen molar-refractivity contribution < 1.29 is 9.18 Å². The second-order valence-corrected chi connectivity index (χ2v) is 4.88. The molecule has 5 heteroatoms. The van der Waals surface area contributed by atoms with Crippen LogP contribution in [0.5, 0.6) is 0 Å². The minimum Gasteiger partial charge on any atom is -0.332 e. The van der Waals surface area contributed by atoms with Gasteiger partial charge in [-0.1, -0.05) is 25.1 Å². The number of benzene rings is 2. The van der Waals surface area contributed by atoms with Crippen LogP contribution >= 0.6 is 12.2 Å². The van der Waals surface area contributed by atoms with Gasteiger partial charge >= 0.3 is 0 Å². The van der Waals surface area contributed by atoms with Gasteiger partial charge in [-0.2, -0.15) is 0 Å². The molecule has 0 aromatic heterocycles. The van der Waals surface area contributed by atoms with E-state index >= 15 is 0 Å². The lowest BCUT2D eigenvalue weighted by Gasteiger charge is -2.09. The SMILES string of the molecule is CCc1ccc(C(=O)NC(=S)Nc2cccc(F)c2)cc1. The van der Waals surface area contributed by atoms with Crippen molar-refractivity contribution in [1.29, 1.82) is 0 Å². The Morgan fingerprint density at radius 2 is 1.90 bits per heavy atom. The normalized spacial score (nSPS) is 10.0. The number of rotatable bonds is 3. The second-order valence-electron chi connectivity index (χ2n) is 4.47. The van der Waals surface area contributed by atoms with Crippen LogP contribution in [0.1, 0.15) is 22.8 Å². The minimum atomic E-state index is -0.371. The zero-order chi connectivity index (χ0) is 15.2. The van der Waals surface area contributed by atoms with Crippen LogP contribution in [-0.4, -0.2) is 11.0 Å². The molecule has 0 radical (unpaired) electrons. The molecule has 2 aromatic carbocycles. The summed E-state index contributed by atoms with van der Waals surface area (Å²) in [6, 6.07) is 13.2. The van der Waals surface area contributed by atoms with Gasteiger partial charge in [-0.25, -0.2) is 4.39 Å². The van der Waals surface area contributed by atoms with Crippen molar-refractivity contribution in [2.75, 3.05) is 5.32 Å². The topological polar surface area (TPSA) is 41.1 Å². The van der Waals surface area contributed by atoms with Gasteiger partial charge in [0, 0.05) is 11.3 Å². The fourth-order valence-electron chi connectivity index (χ4n) is 1.80. The Morgan fingerprint density at radius 3 is 2.52 bits per heavy atom. The summed E-state index contributed by atoms with van der Waals surface area (Å²) in [4.78, 5) is 12.0. The van der Waals surface area contributed by atoms with E-state index in [1.54, 1.807) is 24.3 Å². The summed E-state index contributed by atoms with van der Waals surface area (Å²) in [5, 5.41) is 5.46. The Hall–Kier alpha value is -2.27. The van der Waals surface area contributed by atoms with Crippen molar-refractivity contribution in [2.24, 2.45) is 0 Å². The van der Waals surface area contributed by atoms with Gasteiger partial charge in [0.2, 0.25) is 0 Å². The average molecular weight is 302 g/mol. The number of hydrogen-bond donors (Lipinski definition) is 2. The van der Waals surface area contributed by atoms with E-state index < -0.39 is 0 Å². The number of halogens is 1. The Bertz CT molecular complexity index is 656. The second kappa shape index (κ2) is 6.95. The van der Waals surface area contributed by atoms with Gasteiger partial charge in [0.1, 0.15) is 5.82 Å². The molecule has 2 rings (SSSR count). The van der Waals surface area contributed by atoms with Gasteiger partial charge in [-0.05, 0) is 54.5 Å². The van der Waals surface area contributed by atoms with E-state index in [1.807, 2.05) is 19.1 Å². The van der Waals surface area contributed by atoms with E-state index in [-0.39, 0.29) is 16.8 Å². The number of anilines is 1. The molecular weight excluding hydrogens is 287 g/mol. The van der Waals surface area contributed by atoms with Crippen molar-refractivity contribution in [1.82, 2.24) is 5.32 Å². The van der Waals surface area contributed by atoms with Crippen LogP contribution in [0.4, 0.5) is 10.1 Å². The van der Waals surface area contributed by atoms with E-state index in [4.69, 9.17) is 12.2 Å². The highest BCUT2D eigenvalue weighted by Gasteiger charge is 2.08. The third-order valence-corrected chi connectivity index (χ3v) is 3.14. The van der Waals surface area contributed by atoms with Gasteiger partial charge in [0.25, 0.3) is 5.91 Å². The summed E-state index contributed by atoms with van der Waals surface area (Å²) in [5.41, 5.74) is 2.17. The molecule has 0 aliphatic carbocycles. The third kappa shape index (κ3) is 4.36. The molecule has 0 heterocycles. The van der Waals surface area contributed by atoms with Crippen LogP contribution in [0.25, 0.3) is 0 Å². The Balaban J connectivity index is 1.96. The first-order valence-electron chi connectivity index (χ1n) is 6.55. The molecule has 2 aromatic rings. The minimum absolute atomic E-state index is 0.130. The summed E-state index contributed by atoms with van der Waals surface area (Å²) in [7, 11) is 0. The Kier molecular flexibility index (Phi) is 5.00. The van der Waals surface area contributed by atoms with E-state index in [0.29, 0.717) is 11.3 Å². The summed E-state index contributed by atoms with van der Waals surface area (Å²) in [5.74, 6) is -0.671. The number of nitrogens with one attached hydrogen (secondary N) is 2. The lowest BCUT2D eigenvalue weighted by Crippen LogP contribution is -2.34. The maximum Gasteiger partial charge on any atom is 0.257 e. The molecule has 0 unspecified atom stereocenters. The Morgan fingerprint density at radius 1 is 1.19 bits per heavy atom. The average Bonchev–Trinajstić information content (AvgIpc) is 2.47. The van der Waals surface area contributed by atoms with Crippen LogP contribution < -0.4 is 10.6 Å². The predicted octanol–water partition coefficient (Wildman–Crippen LogP) is 3.51. The Labute approximate surface area is 128 Å². The van der Waals surface area contributed by atoms with Crippen LogP contribution in [-0.2, 0) is 6.42 Å². The highest BCUT2D eigenvalue weighted by Crippen LogP contribution is 2.09. The molecule has 0 bridgehead atoms. The number of hydrogen-bond acceptors (Lipinski definition) is 2. The van der Waals surface area contributed by atoms with Gasteiger partial charge in [0.05, 0.1) is 0 Å². The third-order valence-electron chi connectivity index (χ3n) is 2.93. The van der Waals surface area contributed by atoms with Crippen LogP contribution in [0.2, 0.25) is 0 Å². The number of carbonyl (C=O) groups excluding carboxylic acids is 1. The molecule has 0 spiro atoms. The molecule has 2 N–H and O–H groups in total.